The van der Waals surface area contributed by atoms with E-state index in [1.165, 1.54) is 0 Å². The van der Waals surface area contributed by atoms with Gasteiger partial charge in [0.05, 0.1) is 5.92 Å². The largest absolute Gasteiger partial charge is 0.391 e. The van der Waals surface area contributed by atoms with Crippen molar-refractivity contribution in [3.8, 4) is 0 Å². The first-order valence-corrected chi connectivity index (χ1v) is 6.41. The first kappa shape index (κ1) is 14.1. The molecule has 1 aliphatic rings. The van der Waals surface area contributed by atoms with Gasteiger partial charge in [-0.2, -0.15) is 13.2 Å². The fourth-order valence-electron chi connectivity index (χ4n) is 2.39. The number of anilines is 1. The average molecular weight is 273 g/mol. The molecule has 6 heteroatoms. The highest BCUT2D eigenvalue weighted by Crippen LogP contribution is 2.34. The van der Waals surface area contributed by atoms with Gasteiger partial charge in [0.2, 0.25) is 0 Å². The minimum absolute atomic E-state index is 0.202. The number of hydrogen-bond acceptors (Lipinski definition) is 3. The number of pyridine rings is 1. The molecule has 1 fully saturated rings. The Morgan fingerprint density at radius 1 is 1.37 bits per heavy atom. The molecular weight excluding hydrogens is 255 g/mol. The van der Waals surface area contributed by atoms with Gasteiger partial charge in [-0.15, -0.1) is 0 Å². The van der Waals surface area contributed by atoms with Crippen LogP contribution in [0, 0.1) is 5.92 Å². The van der Waals surface area contributed by atoms with Crippen LogP contribution in [0.25, 0.3) is 0 Å². The van der Waals surface area contributed by atoms with E-state index in [-0.39, 0.29) is 12.8 Å². The van der Waals surface area contributed by atoms with Gasteiger partial charge in [-0.25, -0.2) is 4.98 Å². The number of nitrogens with zero attached hydrogens (tertiary/aromatic N) is 2. The summed E-state index contributed by atoms with van der Waals surface area (Å²) in [5, 5.41) is 2.95. The molecule has 19 heavy (non-hydrogen) atoms. The Hall–Kier alpha value is -1.30. The van der Waals surface area contributed by atoms with Gasteiger partial charge in [-0.3, -0.25) is 4.90 Å². The highest BCUT2D eigenvalue weighted by atomic mass is 19.4. The summed E-state index contributed by atoms with van der Waals surface area (Å²) >= 11 is 0. The molecule has 0 spiro atoms. The van der Waals surface area contributed by atoms with E-state index in [1.54, 1.807) is 13.2 Å². The Labute approximate surface area is 110 Å². The van der Waals surface area contributed by atoms with Gasteiger partial charge >= 0.3 is 6.18 Å². The first-order valence-electron chi connectivity index (χ1n) is 6.41. The van der Waals surface area contributed by atoms with E-state index in [9.17, 15) is 13.2 Å². The van der Waals surface area contributed by atoms with Crippen LogP contribution in [0.4, 0.5) is 19.0 Å². The van der Waals surface area contributed by atoms with Crippen molar-refractivity contribution in [2.75, 3.05) is 25.5 Å². The molecule has 106 valence electrons. The van der Waals surface area contributed by atoms with Crippen LogP contribution in [0.2, 0.25) is 0 Å². The lowest BCUT2D eigenvalue weighted by atomic mass is 9.96. The zero-order valence-corrected chi connectivity index (χ0v) is 10.9. The average Bonchev–Trinajstić information content (AvgIpc) is 2.38. The van der Waals surface area contributed by atoms with Crippen LogP contribution in [0.5, 0.6) is 0 Å². The summed E-state index contributed by atoms with van der Waals surface area (Å²) in [6.45, 7) is 1.69. The van der Waals surface area contributed by atoms with E-state index in [0.29, 0.717) is 19.6 Å². The summed E-state index contributed by atoms with van der Waals surface area (Å²) < 4.78 is 37.7. The minimum atomic E-state index is -4.04. The Balaban J connectivity index is 1.88. The van der Waals surface area contributed by atoms with Crippen LogP contribution in [-0.2, 0) is 6.54 Å². The van der Waals surface area contributed by atoms with Gasteiger partial charge in [-0.05, 0) is 43.6 Å². The molecule has 3 nitrogen and oxygen atoms in total. The lowest BCUT2D eigenvalue weighted by molar-refractivity contribution is -0.185. The van der Waals surface area contributed by atoms with E-state index >= 15 is 0 Å². The molecule has 0 aliphatic carbocycles. The molecular formula is C13H18F3N3. The van der Waals surface area contributed by atoms with Gasteiger partial charge in [0, 0.05) is 19.8 Å². The summed E-state index contributed by atoms with van der Waals surface area (Å²) in [6.07, 6.45) is -1.92. The predicted molar refractivity (Wildman–Crippen MR) is 67.8 cm³/mol. The van der Waals surface area contributed by atoms with E-state index in [1.807, 2.05) is 12.1 Å². The van der Waals surface area contributed by atoms with Crippen LogP contribution >= 0.6 is 0 Å². The van der Waals surface area contributed by atoms with Crippen molar-refractivity contribution in [3.63, 3.8) is 0 Å². The summed E-state index contributed by atoms with van der Waals surface area (Å²) in [7, 11) is 1.79. The maximum absolute atomic E-state index is 12.6. The van der Waals surface area contributed by atoms with Crippen LogP contribution in [0.15, 0.2) is 18.3 Å². The molecule has 1 aliphatic heterocycles. The maximum atomic E-state index is 12.6. The Morgan fingerprint density at radius 2 is 2.05 bits per heavy atom. The van der Waals surface area contributed by atoms with Crippen LogP contribution in [0.1, 0.15) is 18.4 Å². The molecule has 1 aromatic heterocycles. The third-order valence-corrected chi connectivity index (χ3v) is 3.54. The summed E-state index contributed by atoms with van der Waals surface area (Å²) in [5.41, 5.74) is 1.07. The number of aromatic nitrogens is 1. The first-order chi connectivity index (χ1) is 8.99. The second-order valence-electron chi connectivity index (χ2n) is 4.89. The second kappa shape index (κ2) is 5.77. The molecule has 0 unspecified atom stereocenters. The maximum Gasteiger partial charge on any atom is 0.391 e. The monoisotopic (exact) mass is 273 g/mol. The SMILES string of the molecule is CNc1cc(CN2CCC(C(F)(F)F)CC2)ccn1. The molecule has 0 saturated carbocycles. The Morgan fingerprint density at radius 3 is 2.63 bits per heavy atom. The van der Waals surface area contributed by atoms with Gasteiger partial charge in [0.15, 0.2) is 0 Å². The normalized spacial score (nSPS) is 18.5. The number of nitrogens with one attached hydrogen (secondary N) is 1. The van der Waals surface area contributed by atoms with E-state index < -0.39 is 12.1 Å². The quantitative estimate of drug-likeness (QED) is 0.918. The number of hydrogen-bond donors (Lipinski definition) is 1. The van der Waals surface area contributed by atoms with Crippen LogP contribution < -0.4 is 5.32 Å². The molecule has 2 heterocycles. The summed E-state index contributed by atoms with van der Waals surface area (Å²) in [6, 6.07) is 3.83. The summed E-state index contributed by atoms with van der Waals surface area (Å²) in [4.78, 5) is 6.18. The zero-order valence-electron chi connectivity index (χ0n) is 10.9. The van der Waals surface area contributed by atoms with Gasteiger partial charge in [0.25, 0.3) is 0 Å². The van der Waals surface area contributed by atoms with Crippen molar-refractivity contribution in [3.05, 3.63) is 23.9 Å². The number of alkyl halides is 3. The lowest BCUT2D eigenvalue weighted by Gasteiger charge is -2.32. The van der Waals surface area contributed by atoms with E-state index in [4.69, 9.17) is 0 Å². The lowest BCUT2D eigenvalue weighted by Crippen LogP contribution is -2.38. The zero-order chi connectivity index (χ0) is 13.9. The minimum Gasteiger partial charge on any atom is -0.373 e. The third-order valence-electron chi connectivity index (χ3n) is 3.54. The highest BCUT2D eigenvalue weighted by molar-refractivity contribution is 5.36. The fraction of sp³-hybridized carbons (Fsp3) is 0.615. The van der Waals surface area contributed by atoms with Crippen LogP contribution in [-0.4, -0.2) is 36.2 Å². The molecule has 1 saturated heterocycles. The molecule has 0 amide bonds. The molecule has 2 rings (SSSR count). The Kier molecular flexibility index (Phi) is 4.29. The van der Waals surface area contributed by atoms with Crippen molar-refractivity contribution >= 4 is 5.82 Å². The fourth-order valence-corrected chi connectivity index (χ4v) is 2.39. The number of piperidine rings is 1. The predicted octanol–water partition coefficient (Wildman–Crippen LogP) is 2.90. The molecule has 0 aromatic carbocycles. The van der Waals surface area contributed by atoms with Crippen molar-refractivity contribution in [2.24, 2.45) is 5.92 Å². The van der Waals surface area contributed by atoms with Crippen molar-refractivity contribution in [1.82, 2.24) is 9.88 Å². The van der Waals surface area contributed by atoms with Crippen LogP contribution in [0.3, 0.4) is 0 Å². The molecule has 1 N–H and O–H groups in total. The Bertz CT molecular complexity index is 412. The number of halogens is 3. The van der Waals surface area contributed by atoms with Gasteiger partial charge < -0.3 is 5.32 Å². The van der Waals surface area contributed by atoms with E-state index in [2.05, 4.69) is 15.2 Å². The van der Waals surface area contributed by atoms with Crippen molar-refractivity contribution in [1.29, 1.82) is 0 Å². The summed E-state index contributed by atoms with van der Waals surface area (Å²) in [5.74, 6) is -0.350. The second-order valence-corrected chi connectivity index (χ2v) is 4.89. The van der Waals surface area contributed by atoms with Crippen molar-refractivity contribution in [2.45, 2.75) is 25.6 Å². The number of likely N-dealkylation sites (tertiary alicyclic amines) is 1. The highest BCUT2D eigenvalue weighted by Gasteiger charge is 2.40. The standard InChI is InChI=1S/C13H18F3N3/c1-17-12-8-10(2-5-18-12)9-19-6-3-11(4-7-19)13(14,15)16/h2,5,8,11H,3-4,6-7,9H2,1H3,(H,17,18). The van der Waals surface area contributed by atoms with Gasteiger partial charge in [-0.1, -0.05) is 0 Å². The third kappa shape index (κ3) is 3.83. The molecule has 0 bridgehead atoms. The van der Waals surface area contributed by atoms with Crippen molar-refractivity contribution < 1.29 is 13.2 Å². The van der Waals surface area contributed by atoms with Gasteiger partial charge in [0.1, 0.15) is 5.82 Å². The topological polar surface area (TPSA) is 28.2 Å². The molecule has 0 radical (unpaired) electrons. The number of rotatable bonds is 3. The molecule has 1 aromatic rings. The smallest absolute Gasteiger partial charge is 0.373 e. The van der Waals surface area contributed by atoms with E-state index in [0.717, 1.165) is 11.4 Å². The molecule has 0 atom stereocenters.